The predicted octanol–water partition coefficient (Wildman–Crippen LogP) is 23.5. The van der Waals surface area contributed by atoms with Gasteiger partial charge in [-0.3, -0.25) is 19.2 Å². The zero-order valence-electron chi connectivity index (χ0n) is 83.9. The number of hydrogen-bond donors (Lipinski definition) is 4. The highest BCUT2D eigenvalue weighted by atomic mass is 35.5. The second-order valence-corrected chi connectivity index (χ2v) is 46.4. The normalized spacial score (nSPS) is 25.3. The Morgan fingerprint density at radius 3 is 0.933 bits per heavy atom. The number of aryl methyl sites for hydroxylation is 2. The second-order valence-electron chi connectivity index (χ2n) is 45.5. The minimum atomic E-state index is -0.485. The third kappa shape index (κ3) is 25.3. The molecule has 0 radical (unpaired) electrons. The topological polar surface area (TPSA) is 235 Å². The fourth-order valence-electron chi connectivity index (χ4n) is 24.2. The van der Waals surface area contributed by atoms with Crippen LogP contribution >= 0.6 is 23.2 Å². The quantitative estimate of drug-likeness (QED) is 0.0767. The predicted molar refractivity (Wildman–Crippen MR) is 535 cm³/mol. The average Bonchev–Trinajstić information content (AvgIpc) is 1.59. The van der Waals surface area contributed by atoms with E-state index in [-0.39, 0.29) is 72.2 Å². The van der Waals surface area contributed by atoms with Crippen molar-refractivity contribution in [1.29, 1.82) is 0 Å². The number of nitrogens with zero attached hydrogens (tertiary/aromatic N) is 4. The van der Waals surface area contributed by atoms with Crippen molar-refractivity contribution in [3.63, 3.8) is 0 Å². The second kappa shape index (κ2) is 43.2. The maximum atomic E-state index is 13.7. The van der Waals surface area contributed by atoms with Crippen LogP contribution in [0.15, 0.2) is 95.1 Å². The average molecular weight is 1880 g/mol. The van der Waals surface area contributed by atoms with Crippen molar-refractivity contribution in [1.82, 2.24) is 40.9 Å². The van der Waals surface area contributed by atoms with Crippen molar-refractivity contribution >= 4 is 93.5 Å². The lowest BCUT2D eigenvalue weighted by Crippen LogP contribution is -2.50. The molecule has 0 saturated heterocycles. The summed E-state index contributed by atoms with van der Waals surface area (Å²) in [5, 5.41) is 13.2. The molecule has 0 spiro atoms. The van der Waals surface area contributed by atoms with Crippen LogP contribution in [0.2, 0.25) is 10.0 Å². The van der Waals surface area contributed by atoms with Crippen LogP contribution in [0, 0.1) is 73.0 Å². The van der Waals surface area contributed by atoms with E-state index in [4.69, 9.17) is 42.1 Å². The van der Waals surface area contributed by atoms with E-state index >= 15 is 0 Å². The molecular weight excluding hydrogens is 1720 g/mol. The summed E-state index contributed by atoms with van der Waals surface area (Å²) in [5.41, 5.74) is 23.5. The molecular formula is C112H156Cl2N8O12. The lowest BCUT2D eigenvalue weighted by molar-refractivity contribution is -0.140. The molecule has 0 aromatic heterocycles. The van der Waals surface area contributed by atoms with Gasteiger partial charge in [0.05, 0.1) is 24.2 Å². The summed E-state index contributed by atoms with van der Waals surface area (Å²) in [5.74, 6) is 4.48. The molecule has 22 heteroatoms. The van der Waals surface area contributed by atoms with Gasteiger partial charge in [0.1, 0.15) is 22.4 Å². The molecule has 4 aliphatic heterocycles. The Bertz CT molecular complexity index is 4790. The summed E-state index contributed by atoms with van der Waals surface area (Å²) >= 11 is 12.5. The first-order chi connectivity index (χ1) is 63.5. The molecule has 13 aliphatic rings. The van der Waals surface area contributed by atoms with E-state index in [2.05, 4.69) is 143 Å². The molecule has 4 atom stereocenters. The molecule has 5 fully saturated rings. The van der Waals surface area contributed by atoms with E-state index in [1.807, 2.05) is 95.2 Å². The zero-order valence-corrected chi connectivity index (χ0v) is 85.4. The van der Waals surface area contributed by atoms with Gasteiger partial charge in [0.25, 0.3) is 0 Å². The van der Waals surface area contributed by atoms with Crippen LogP contribution in [0.4, 0.5) is 19.2 Å². The minimum Gasteiger partial charge on any atom is -0.444 e. The van der Waals surface area contributed by atoms with Gasteiger partial charge in [-0.05, 0) is 426 Å². The smallest absolute Gasteiger partial charge is 0.407 e. The molecule has 4 aromatic carbocycles. The van der Waals surface area contributed by atoms with Crippen molar-refractivity contribution in [2.24, 2.45) is 59.2 Å². The van der Waals surface area contributed by atoms with Crippen LogP contribution in [0.25, 0.3) is 22.3 Å². The van der Waals surface area contributed by atoms with Crippen LogP contribution in [0.1, 0.15) is 321 Å². The van der Waals surface area contributed by atoms with Crippen molar-refractivity contribution in [2.75, 3.05) is 52.4 Å². The standard InChI is InChI=1S/C29H42N2O3.C28H37ClN2O3.C28H40N2O3.C27H37ClN2O3/c1-18(2)26-25-16-22-15-19(3)7-12-23(22)24(25)13-14-31(26)27(32)21-10-8-20(9-11-21)17-30-28(33)34-29(4,5)6;1-28(2,3)34-27(33)30-16-17-4-6-19(7-5-17)26(32)31-13-12-23-22-11-10-21(29)14-20(22)15-24(23)25(31)18-8-9-18;1-6-25-24-16-21-15-18(2)7-12-22(21)23(24)13-14-30(25)26(31)20-10-8-19(9-11-20)17-29-27(32)33-28(3,4)5;1-5-24-23-15-19-14-20(28)10-11-21(19)22(23)12-13-30(24)25(31)18-8-6-17(7-9-18)16-29-26(32)33-27(2,3)4/h7,12,15,18,20-21,26H,8-11,13-14,16-17H2,1-6H3,(H,30,33);10-11,14,17-19,25H,4-9,12-13,15-16H2,1-3H3,(H,30,33);7,12,15,19-20,25H,6,8-11,13-14,16-17H2,1-5H3,(H,29,32);10-11,14,17-18,24H,5-9,12-13,15-16H2,1-4H3,(H,29,32). The van der Waals surface area contributed by atoms with E-state index in [1.54, 1.807) is 0 Å². The van der Waals surface area contributed by atoms with Gasteiger partial charge < -0.3 is 59.8 Å². The molecule has 4 N–H and O–H groups in total. The van der Waals surface area contributed by atoms with E-state index in [1.165, 1.54) is 113 Å². The van der Waals surface area contributed by atoms with Gasteiger partial charge in [0.2, 0.25) is 23.6 Å². The first kappa shape index (κ1) is 101. The first-order valence-corrected chi connectivity index (χ1v) is 52.0. The monoisotopic (exact) mass is 1880 g/mol. The van der Waals surface area contributed by atoms with Crippen molar-refractivity contribution in [3.05, 3.63) is 161 Å². The molecule has 5 saturated carbocycles. The number of alkyl carbamates (subject to hydrolysis) is 4. The highest BCUT2D eigenvalue weighted by molar-refractivity contribution is 6.31. The number of fused-ring (bicyclic) bond motifs is 8. The molecule has 4 unspecified atom stereocenters. The van der Waals surface area contributed by atoms with Crippen LogP contribution in [0.3, 0.4) is 0 Å². The van der Waals surface area contributed by atoms with Gasteiger partial charge in [0, 0.05) is 86.1 Å². The molecule has 17 rings (SSSR count). The maximum Gasteiger partial charge on any atom is 0.407 e. The highest BCUT2D eigenvalue weighted by Crippen LogP contribution is 2.52. The maximum absolute atomic E-state index is 13.7. The van der Waals surface area contributed by atoms with E-state index in [0.29, 0.717) is 85.3 Å². The number of nitrogens with one attached hydrogen (secondary N) is 4. The Hall–Kier alpha value is -8.62. The first-order valence-electron chi connectivity index (χ1n) is 51.3. The molecule has 134 heavy (non-hydrogen) atoms. The fourth-order valence-corrected chi connectivity index (χ4v) is 24.5. The molecule has 8 amide bonds. The van der Waals surface area contributed by atoms with Gasteiger partial charge in [-0.25, -0.2) is 19.2 Å². The number of benzene rings is 4. The van der Waals surface area contributed by atoms with Gasteiger partial charge >= 0.3 is 24.4 Å². The third-order valence-electron chi connectivity index (χ3n) is 30.5. The molecule has 730 valence electrons. The zero-order chi connectivity index (χ0) is 96.2. The lowest BCUT2D eigenvalue weighted by Gasteiger charge is -2.42. The minimum absolute atomic E-state index is 0.0946. The largest absolute Gasteiger partial charge is 0.444 e. The summed E-state index contributed by atoms with van der Waals surface area (Å²) in [6.45, 7) is 41.5. The van der Waals surface area contributed by atoms with E-state index < -0.39 is 22.4 Å². The summed E-state index contributed by atoms with van der Waals surface area (Å²) in [6, 6.07) is 27.0. The highest BCUT2D eigenvalue weighted by Gasteiger charge is 2.49. The summed E-state index contributed by atoms with van der Waals surface area (Å²) in [4.78, 5) is 111. The Morgan fingerprint density at radius 1 is 0.351 bits per heavy atom. The van der Waals surface area contributed by atoms with Gasteiger partial charge in [-0.15, -0.1) is 0 Å². The van der Waals surface area contributed by atoms with Gasteiger partial charge in [-0.2, -0.15) is 0 Å². The van der Waals surface area contributed by atoms with Gasteiger partial charge in [-0.1, -0.05) is 111 Å². The number of carbonyl (C=O) groups is 8. The Morgan fingerprint density at radius 2 is 0.619 bits per heavy atom. The number of hydrogen-bond acceptors (Lipinski definition) is 12. The number of amides is 8. The molecule has 0 bridgehead atoms. The van der Waals surface area contributed by atoms with Crippen LogP contribution < -0.4 is 21.3 Å². The lowest BCUT2D eigenvalue weighted by atomic mass is 9.79. The molecule has 9 aliphatic carbocycles. The number of carbonyl (C=O) groups excluding carboxylic acids is 8. The number of halogens is 2. The summed E-state index contributed by atoms with van der Waals surface area (Å²) < 4.78 is 21.4. The SMILES string of the molecule is CC(C)(C)OC(=O)NCC1CCC(C(=O)N2CCC3=C(Cc4cc(Cl)ccc43)C2C2CC2)CC1.CCC1C2=C(CCN1C(=O)C1CCC(CNC(=O)OC(C)(C)C)CC1)c1ccc(C)cc1C2.CCC1C2=C(CCN1C(=O)C1CCC(CNC(=O)OC(C)(C)C)CC1)c1ccc(Cl)cc1C2.Cc1ccc2c(c1)CC1=C2CCN(C(=O)C2CCC(CNC(=O)OC(C)(C)C)CC2)C1C(C)C. The Balaban J connectivity index is 0.000000143. The third-order valence-corrected chi connectivity index (χ3v) is 31.0. The Kier molecular flexibility index (Phi) is 32.6. The van der Waals surface area contributed by atoms with Crippen LogP contribution in [-0.2, 0) is 63.8 Å². The van der Waals surface area contributed by atoms with E-state index in [0.717, 1.165) is 203 Å². The van der Waals surface area contributed by atoms with Crippen molar-refractivity contribution in [3.8, 4) is 0 Å². The molecule has 4 heterocycles. The van der Waals surface area contributed by atoms with Crippen LogP contribution in [-0.4, -0.2) is 167 Å². The fraction of sp³-hybridized carbons (Fsp3) is 0.643. The number of rotatable bonds is 16. The van der Waals surface area contributed by atoms with Crippen molar-refractivity contribution in [2.45, 2.75) is 351 Å². The van der Waals surface area contributed by atoms with Crippen LogP contribution in [0.5, 0.6) is 0 Å². The molecule has 4 aromatic rings. The van der Waals surface area contributed by atoms with Crippen molar-refractivity contribution < 1.29 is 57.3 Å². The summed E-state index contributed by atoms with van der Waals surface area (Å²) in [6.07, 6.45) is 25.7. The summed E-state index contributed by atoms with van der Waals surface area (Å²) in [7, 11) is 0. The van der Waals surface area contributed by atoms with Gasteiger partial charge in [0.15, 0.2) is 0 Å². The number of ether oxygens (including phenoxy) is 4. The Labute approximate surface area is 809 Å². The van der Waals surface area contributed by atoms with E-state index in [9.17, 15) is 38.4 Å². The molecule has 20 nitrogen and oxygen atoms in total.